The molecule has 0 radical (unpaired) electrons. The number of thiophene rings is 1. The summed E-state index contributed by atoms with van der Waals surface area (Å²) in [5, 5.41) is 4.71. The van der Waals surface area contributed by atoms with Gasteiger partial charge in [-0.2, -0.15) is 11.3 Å². The van der Waals surface area contributed by atoms with E-state index >= 15 is 0 Å². The van der Waals surface area contributed by atoms with Gasteiger partial charge in [0.05, 0.1) is 5.69 Å². The number of amides is 1. The Kier molecular flexibility index (Phi) is 5.52. The van der Waals surface area contributed by atoms with Crippen LogP contribution in [0.4, 0.5) is 13.2 Å². The first-order chi connectivity index (χ1) is 12.7. The van der Waals surface area contributed by atoms with Crippen LogP contribution in [-0.4, -0.2) is 29.2 Å². The molecular formula is C18H15F3N2O2S2. The Hall–Kier alpha value is -2.39. The maximum atomic E-state index is 12.7. The molecule has 0 atom stereocenters. The number of thiazole rings is 1. The zero-order valence-electron chi connectivity index (χ0n) is 14.4. The Labute approximate surface area is 161 Å². The molecule has 0 unspecified atom stereocenters. The first-order valence-electron chi connectivity index (χ1n) is 7.83. The van der Waals surface area contributed by atoms with Crippen LogP contribution in [0.3, 0.4) is 0 Å². The number of ether oxygens (including phenoxy) is 1. The van der Waals surface area contributed by atoms with Gasteiger partial charge in [-0.25, -0.2) is 4.98 Å². The molecule has 0 aliphatic heterocycles. The van der Waals surface area contributed by atoms with E-state index in [4.69, 9.17) is 0 Å². The summed E-state index contributed by atoms with van der Waals surface area (Å²) in [7, 11) is 1.64. The van der Waals surface area contributed by atoms with Crippen molar-refractivity contribution in [2.24, 2.45) is 0 Å². The molecule has 0 spiro atoms. The van der Waals surface area contributed by atoms with Gasteiger partial charge in [0.15, 0.2) is 0 Å². The number of carbonyl (C=O) groups excluding carboxylic acids is 1. The lowest BCUT2D eigenvalue weighted by Crippen LogP contribution is -2.26. The molecule has 0 N–H and O–H groups in total. The van der Waals surface area contributed by atoms with Gasteiger partial charge in [-0.05, 0) is 36.1 Å². The lowest BCUT2D eigenvalue weighted by atomic mass is 10.2. The van der Waals surface area contributed by atoms with E-state index in [-0.39, 0.29) is 18.2 Å². The molecule has 4 nitrogen and oxygen atoms in total. The predicted octanol–water partition coefficient (Wildman–Crippen LogP) is 5.35. The van der Waals surface area contributed by atoms with Crippen molar-refractivity contribution in [1.29, 1.82) is 0 Å². The summed E-state index contributed by atoms with van der Waals surface area (Å²) in [4.78, 5) is 19.3. The van der Waals surface area contributed by atoms with Crippen molar-refractivity contribution in [2.45, 2.75) is 19.8 Å². The molecule has 1 aromatic carbocycles. The third-order valence-electron chi connectivity index (χ3n) is 3.68. The summed E-state index contributed by atoms with van der Waals surface area (Å²) in [5.74, 6) is -0.471. The zero-order chi connectivity index (χ0) is 19.6. The SMILES string of the molecule is Cc1nc(-c2ccsc2)sc1C(=O)N(C)Cc1ccc(OC(F)(F)F)cc1. The average molecular weight is 412 g/mol. The number of nitrogens with zero attached hydrogens (tertiary/aromatic N) is 2. The van der Waals surface area contributed by atoms with E-state index in [0.717, 1.165) is 10.6 Å². The van der Waals surface area contributed by atoms with Crippen molar-refractivity contribution in [3.05, 3.63) is 57.2 Å². The first-order valence-corrected chi connectivity index (χ1v) is 9.59. The second-order valence-corrected chi connectivity index (χ2v) is 7.58. The molecule has 142 valence electrons. The highest BCUT2D eigenvalue weighted by Gasteiger charge is 2.31. The van der Waals surface area contributed by atoms with Crippen molar-refractivity contribution in [2.75, 3.05) is 7.05 Å². The number of alkyl halides is 3. The van der Waals surface area contributed by atoms with Gasteiger partial charge in [-0.3, -0.25) is 4.79 Å². The van der Waals surface area contributed by atoms with E-state index in [0.29, 0.717) is 16.1 Å². The minimum atomic E-state index is -4.72. The predicted molar refractivity (Wildman–Crippen MR) is 99.1 cm³/mol. The molecule has 2 aromatic heterocycles. The largest absolute Gasteiger partial charge is 0.573 e. The van der Waals surface area contributed by atoms with Crippen LogP contribution in [0.25, 0.3) is 10.6 Å². The average Bonchev–Trinajstić information content (AvgIpc) is 3.24. The first kappa shape index (κ1) is 19.4. The fourth-order valence-electron chi connectivity index (χ4n) is 2.42. The molecule has 1 amide bonds. The van der Waals surface area contributed by atoms with Gasteiger partial charge in [0.25, 0.3) is 5.91 Å². The number of benzene rings is 1. The zero-order valence-corrected chi connectivity index (χ0v) is 16.0. The number of hydrogen-bond donors (Lipinski definition) is 0. The van der Waals surface area contributed by atoms with E-state index in [1.165, 1.54) is 40.5 Å². The molecule has 0 aliphatic rings. The van der Waals surface area contributed by atoms with Gasteiger partial charge in [0.1, 0.15) is 15.6 Å². The Bertz CT molecular complexity index is 919. The van der Waals surface area contributed by atoms with Crippen LogP contribution in [0.15, 0.2) is 41.1 Å². The molecule has 3 aromatic rings. The lowest BCUT2D eigenvalue weighted by Gasteiger charge is -2.17. The Morgan fingerprint density at radius 2 is 1.93 bits per heavy atom. The number of carbonyl (C=O) groups is 1. The maximum absolute atomic E-state index is 12.7. The lowest BCUT2D eigenvalue weighted by molar-refractivity contribution is -0.274. The Balaban J connectivity index is 1.69. The fraction of sp³-hybridized carbons (Fsp3) is 0.222. The maximum Gasteiger partial charge on any atom is 0.573 e. The molecular weight excluding hydrogens is 397 g/mol. The van der Waals surface area contributed by atoms with E-state index in [1.807, 2.05) is 16.8 Å². The number of aromatic nitrogens is 1. The summed E-state index contributed by atoms with van der Waals surface area (Å²) < 4.78 is 40.5. The quantitative estimate of drug-likeness (QED) is 0.567. The summed E-state index contributed by atoms with van der Waals surface area (Å²) in [6, 6.07) is 7.41. The van der Waals surface area contributed by atoms with Gasteiger partial charge >= 0.3 is 6.36 Å². The number of hydrogen-bond acceptors (Lipinski definition) is 5. The molecule has 9 heteroatoms. The van der Waals surface area contributed by atoms with Gasteiger partial charge in [0, 0.05) is 24.5 Å². The highest BCUT2D eigenvalue weighted by atomic mass is 32.1. The second-order valence-electron chi connectivity index (χ2n) is 5.80. The van der Waals surface area contributed by atoms with Crippen LogP contribution in [0.2, 0.25) is 0 Å². The van der Waals surface area contributed by atoms with Crippen LogP contribution in [-0.2, 0) is 6.54 Å². The fourth-order valence-corrected chi connectivity index (χ4v) is 4.19. The third kappa shape index (κ3) is 4.86. The number of rotatable bonds is 5. The molecule has 0 bridgehead atoms. The smallest absolute Gasteiger partial charge is 0.406 e. The molecule has 0 saturated heterocycles. The van der Waals surface area contributed by atoms with E-state index in [2.05, 4.69) is 9.72 Å². The third-order valence-corrected chi connectivity index (χ3v) is 5.56. The van der Waals surface area contributed by atoms with Crippen LogP contribution in [0.1, 0.15) is 20.9 Å². The normalized spacial score (nSPS) is 11.4. The monoisotopic (exact) mass is 412 g/mol. The van der Waals surface area contributed by atoms with Crippen LogP contribution in [0, 0.1) is 6.92 Å². The molecule has 0 fully saturated rings. The molecule has 0 aliphatic carbocycles. The Morgan fingerprint density at radius 3 is 2.52 bits per heavy atom. The van der Waals surface area contributed by atoms with Gasteiger partial charge in [-0.1, -0.05) is 12.1 Å². The number of halogens is 3. The summed E-state index contributed by atoms with van der Waals surface area (Å²) in [6.07, 6.45) is -4.72. The summed E-state index contributed by atoms with van der Waals surface area (Å²) in [5.41, 5.74) is 2.34. The Morgan fingerprint density at radius 1 is 1.22 bits per heavy atom. The molecule has 2 heterocycles. The molecule has 3 rings (SSSR count). The van der Waals surface area contributed by atoms with Crippen molar-refractivity contribution in [1.82, 2.24) is 9.88 Å². The molecule has 27 heavy (non-hydrogen) atoms. The van der Waals surface area contributed by atoms with E-state index in [1.54, 1.807) is 25.3 Å². The number of aryl methyl sites for hydroxylation is 1. The van der Waals surface area contributed by atoms with Crippen molar-refractivity contribution < 1.29 is 22.7 Å². The summed E-state index contributed by atoms with van der Waals surface area (Å²) in [6.45, 7) is 2.05. The van der Waals surface area contributed by atoms with Crippen LogP contribution < -0.4 is 4.74 Å². The van der Waals surface area contributed by atoms with Gasteiger partial charge in [0.2, 0.25) is 0 Å². The minimum absolute atomic E-state index is 0.179. The summed E-state index contributed by atoms with van der Waals surface area (Å²) >= 11 is 2.89. The second kappa shape index (κ2) is 7.69. The molecule has 0 saturated carbocycles. The topological polar surface area (TPSA) is 42.4 Å². The van der Waals surface area contributed by atoms with E-state index in [9.17, 15) is 18.0 Å². The highest BCUT2D eigenvalue weighted by Crippen LogP contribution is 2.30. The highest BCUT2D eigenvalue weighted by molar-refractivity contribution is 7.17. The van der Waals surface area contributed by atoms with Crippen molar-refractivity contribution in [3.8, 4) is 16.3 Å². The van der Waals surface area contributed by atoms with E-state index < -0.39 is 6.36 Å². The van der Waals surface area contributed by atoms with Crippen LogP contribution in [0.5, 0.6) is 5.75 Å². The standard InChI is InChI=1S/C18H15F3N2O2S2/c1-11-15(27-16(22-11)13-7-8-26-10-13)17(24)23(2)9-12-3-5-14(6-4-12)25-18(19,20)21/h3-8,10H,9H2,1-2H3. The van der Waals surface area contributed by atoms with Crippen molar-refractivity contribution in [3.63, 3.8) is 0 Å². The van der Waals surface area contributed by atoms with Gasteiger partial charge < -0.3 is 9.64 Å². The van der Waals surface area contributed by atoms with Crippen molar-refractivity contribution >= 4 is 28.6 Å². The van der Waals surface area contributed by atoms with Gasteiger partial charge in [-0.15, -0.1) is 24.5 Å². The minimum Gasteiger partial charge on any atom is -0.406 e. The van der Waals surface area contributed by atoms with Crippen LogP contribution >= 0.6 is 22.7 Å².